The van der Waals surface area contributed by atoms with E-state index in [1.54, 1.807) is 24.3 Å². The number of halogens is 1. The molecule has 0 saturated heterocycles. The van der Waals surface area contributed by atoms with Crippen LogP contribution < -0.4 is 10.1 Å². The number of ether oxygens (including phenoxy) is 1. The minimum atomic E-state index is -0.384. The third-order valence-electron chi connectivity index (χ3n) is 7.56. The number of aryl methyl sites for hydroxylation is 1. The Labute approximate surface area is 232 Å². The second-order valence-corrected chi connectivity index (χ2v) is 10.6. The van der Waals surface area contributed by atoms with Crippen molar-refractivity contribution >= 4 is 11.8 Å². The van der Waals surface area contributed by atoms with E-state index in [1.165, 1.54) is 23.3 Å². The Bertz CT molecular complexity index is 1540. The lowest BCUT2D eigenvalue weighted by Crippen LogP contribution is -2.41. The number of nitrogens with one attached hydrogen (secondary N) is 1. The van der Waals surface area contributed by atoms with Gasteiger partial charge in [0.1, 0.15) is 23.9 Å². The van der Waals surface area contributed by atoms with E-state index in [4.69, 9.17) is 9.15 Å². The molecule has 1 N–H and O–H groups in total. The Morgan fingerprint density at radius 1 is 1.02 bits per heavy atom. The maximum atomic E-state index is 13.4. The van der Waals surface area contributed by atoms with E-state index >= 15 is 0 Å². The van der Waals surface area contributed by atoms with Crippen LogP contribution in [0.4, 0.5) is 4.39 Å². The number of carbonyl (C=O) groups is 2. The van der Waals surface area contributed by atoms with Gasteiger partial charge in [0, 0.05) is 19.0 Å². The molecule has 7 heteroatoms. The van der Waals surface area contributed by atoms with Crippen LogP contribution in [-0.2, 0) is 24.4 Å². The highest BCUT2D eigenvalue weighted by atomic mass is 19.1. The highest BCUT2D eigenvalue weighted by molar-refractivity contribution is 5.91. The number of hydrogen-bond donors (Lipinski definition) is 1. The highest BCUT2D eigenvalue weighted by Crippen LogP contribution is 2.41. The van der Waals surface area contributed by atoms with Crippen molar-refractivity contribution in [2.75, 3.05) is 6.54 Å². The molecule has 1 saturated carbocycles. The van der Waals surface area contributed by atoms with Crippen LogP contribution in [0.25, 0.3) is 0 Å². The molecule has 1 aliphatic carbocycles. The summed E-state index contributed by atoms with van der Waals surface area (Å²) >= 11 is 0. The van der Waals surface area contributed by atoms with Crippen LogP contribution in [0.3, 0.4) is 0 Å². The van der Waals surface area contributed by atoms with Crippen LogP contribution in [0, 0.1) is 18.7 Å². The van der Waals surface area contributed by atoms with Gasteiger partial charge in [-0.25, -0.2) is 4.39 Å². The molecule has 40 heavy (non-hydrogen) atoms. The van der Waals surface area contributed by atoms with Crippen molar-refractivity contribution in [1.82, 2.24) is 10.2 Å². The zero-order valence-electron chi connectivity index (χ0n) is 22.4. The van der Waals surface area contributed by atoms with Crippen molar-refractivity contribution in [1.29, 1.82) is 0 Å². The van der Waals surface area contributed by atoms with Gasteiger partial charge >= 0.3 is 0 Å². The fourth-order valence-corrected chi connectivity index (χ4v) is 5.24. The number of rotatable bonds is 8. The molecule has 1 atom stereocenters. The minimum Gasteiger partial charge on any atom is -0.486 e. The van der Waals surface area contributed by atoms with Gasteiger partial charge in [0.15, 0.2) is 5.76 Å². The highest BCUT2D eigenvalue weighted by Gasteiger charge is 2.39. The van der Waals surface area contributed by atoms with Gasteiger partial charge in [-0.3, -0.25) is 9.59 Å². The molecule has 1 aliphatic heterocycles. The zero-order chi connectivity index (χ0) is 27.6. The summed E-state index contributed by atoms with van der Waals surface area (Å²) < 4.78 is 25.2. The summed E-state index contributed by atoms with van der Waals surface area (Å²) in [4.78, 5) is 27.8. The van der Waals surface area contributed by atoms with E-state index in [0.29, 0.717) is 23.6 Å². The predicted molar refractivity (Wildman–Crippen MR) is 148 cm³/mol. The van der Waals surface area contributed by atoms with Crippen LogP contribution in [-0.4, -0.2) is 23.3 Å². The predicted octanol–water partition coefficient (Wildman–Crippen LogP) is 6.12. The normalized spacial score (nSPS) is 16.4. The molecule has 2 heterocycles. The van der Waals surface area contributed by atoms with E-state index < -0.39 is 0 Å². The molecule has 6 nitrogen and oxygen atoms in total. The second kappa shape index (κ2) is 11.0. The molecule has 1 aromatic heterocycles. The number of fused-ring (bicyclic) bond motifs is 1. The lowest BCUT2D eigenvalue weighted by atomic mass is 9.87. The molecule has 204 valence electrons. The lowest BCUT2D eigenvalue weighted by Gasteiger charge is -2.38. The first-order valence-electron chi connectivity index (χ1n) is 13.7. The largest absolute Gasteiger partial charge is 0.486 e. The van der Waals surface area contributed by atoms with Gasteiger partial charge < -0.3 is 19.4 Å². The summed E-state index contributed by atoms with van der Waals surface area (Å²) in [6.45, 7) is 3.11. The number of nitrogens with zero attached hydrogens (tertiary/aromatic N) is 1. The summed E-state index contributed by atoms with van der Waals surface area (Å²) in [5.74, 6) is 0.993. The molecule has 2 aliphatic rings. The van der Waals surface area contributed by atoms with Gasteiger partial charge in [-0.2, -0.15) is 0 Å². The fraction of sp³-hybridized carbons (Fsp3) is 0.273. The van der Waals surface area contributed by atoms with Crippen LogP contribution in [0.15, 0.2) is 83.3 Å². The maximum absolute atomic E-state index is 13.4. The molecule has 0 spiro atoms. The smallest absolute Gasteiger partial charge is 0.287 e. The topological polar surface area (TPSA) is 71.8 Å². The first kappa shape index (κ1) is 25.9. The van der Waals surface area contributed by atoms with E-state index in [-0.39, 0.29) is 48.5 Å². The van der Waals surface area contributed by atoms with E-state index in [2.05, 4.69) is 42.6 Å². The SMILES string of the molecule is Cc1ccc([C@H]2c3cc(OCc4ccc(C(=O)NCc5cccc(F)c5)o4)ccc3CCN2C(=O)C2CC2)cc1. The molecular formula is C33H31FN2O4. The van der Waals surface area contributed by atoms with Crippen molar-refractivity contribution < 1.29 is 23.1 Å². The Hall–Kier alpha value is -4.39. The zero-order valence-corrected chi connectivity index (χ0v) is 22.4. The molecule has 0 radical (unpaired) electrons. The first-order chi connectivity index (χ1) is 19.4. The molecule has 4 aromatic rings. The average Bonchev–Trinajstić information content (AvgIpc) is 3.71. The van der Waals surface area contributed by atoms with E-state index in [1.807, 2.05) is 17.0 Å². The first-order valence-corrected chi connectivity index (χ1v) is 13.7. The second-order valence-electron chi connectivity index (χ2n) is 10.6. The summed E-state index contributed by atoms with van der Waals surface area (Å²) in [6.07, 6.45) is 2.75. The quantitative estimate of drug-likeness (QED) is 0.293. The molecule has 1 fully saturated rings. The number of benzene rings is 3. The average molecular weight is 539 g/mol. The van der Waals surface area contributed by atoms with Gasteiger partial charge in [0.2, 0.25) is 5.91 Å². The molecule has 2 amide bonds. The lowest BCUT2D eigenvalue weighted by molar-refractivity contribution is -0.134. The Balaban J connectivity index is 1.16. The molecule has 6 rings (SSSR count). The summed E-state index contributed by atoms with van der Waals surface area (Å²) in [5.41, 5.74) is 5.23. The van der Waals surface area contributed by atoms with Crippen molar-refractivity contribution in [2.45, 2.75) is 45.4 Å². The third kappa shape index (κ3) is 5.64. The van der Waals surface area contributed by atoms with Crippen molar-refractivity contribution in [3.05, 3.63) is 124 Å². The van der Waals surface area contributed by atoms with Crippen molar-refractivity contribution in [3.63, 3.8) is 0 Å². The van der Waals surface area contributed by atoms with Crippen LogP contribution in [0.1, 0.15) is 63.0 Å². The molecule has 0 bridgehead atoms. The minimum absolute atomic E-state index is 0.146. The van der Waals surface area contributed by atoms with Gasteiger partial charge in [-0.1, -0.05) is 48.0 Å². The van der Waals surface area contributed by atoms with Gasteiger partial charge in [0.05, 0.1) is 6.04 Å². The summed E-state index contributed by atoms with van der Waals surface area (Å²) in [5, 5.41) is 2.74. The third-order valence-corrected chi connectivity index (χ3v) is 7.56. The number of carbonyl (C=O) groups excluding carboxylic acids is 2. The Morgan fingerprint density at radius 3 is 2.62 bits per heavy atom. The van der Waals surface area contributed by atoms with Crippen LogP contribution >= 0.6 is 0 Å². The number of hydrogen-bond acceptors (Lipinski definition) is 4. The van der Waals surface area contributed by atoms with E-state index in [9.17, 15) is 14.0 Å². The standard InChI is InChI=1S/C33H31FN2O4/c1-21-5-7-24(8-6-21)31-29-18-27(12-11-23(29)15-16-36(31)33(38)25-9-10-25)39-20-28-13-14-30(40-28)32(37)35-19-22-3-2-4-26(34)17-22/h2-8,11-14,17-18,25,31H,9-10,15-16,19-20H2,1H3,(H,35,37)/t31-/m0/s1. The number of furan rings is 1. The van der Waals surface area contributed by atoms with Crippen molar-refractivity contribution in [3.8, 4) is 5.75 Å². The van der Waals surface area contributed by atoms with E-state index in [0.717, 1.165) is 30.4 Å². The van der Waals surface area contributed by atoms with Crippen LogP contribution in [0.5, 0.6) is 5.75 Å². The molecular weight excluding hydrogens is 507 g/mol. The molecule has 0 unspecified atom stereocenters. The van der Waals surface area contributed by atoms with Crippen molar-refractivity contribution in [2.24, 2.45) is 5.92 Å². The molecule has 3 aromatic carbocycles. The summed E-state index contributed by atoms with van der Waals surface area (Å²) in [6, 6.07) is 23.7. The Kier molecular flexibility index (Phi) is 7.11. The maximum Gasteiger partial charge on any atom is 0.287 e. The Morgan fingerprint density at radius 2 is 1.85 bits per heavy atom. The van der Waals surface area contributed by atoms with Crippen LogP contribution in [0.2, 0.25) is 0 Å². The van der Waals surface area contributed by atoms with Gasteiger partial charge in [-0.15, -0.1) is 0 Å². The van der Waals surface area contributed by atoms with Gasteiger partial charge in [-0.05, 0) is 84.8 Å². The summed E-state index contributed by atoms with van der Waals surface area (Å²) in [7, 11) is 0. The monoisotopic (exact) mass is 538 g/mol. The fourth-order valence-electron chi connectivity index (χ4n) is 5.24. The number of amides is 2. The van der Waals surface area contributed by atoms with Gasteiger partial charge in [0.25, 0.3) is 5.91 Å².